The number of nitrogens with zero attached hydrogens (tertiary/aromatic N) is 1. The van der Waals surface area contributed by atoms with E-state index in [1.807, 2.05) is 28.7 Å². The molecule has 0 unspecified atom stereocenters. The molecule has 0 bridgehead atoms. The van der Waals surface area contributed by atoms with Gasteiger partial charge in [-0.25, -0.2) is 0 Å². The van der Waals surface area contributed by atoms with E-state index in [1.54, 1.807) is 18.2 Å². The average molecular weight is 257 g/mol. The molecule has 0 saturated carbocycles. The molecule has 2 nitrogen and oxygen atoms in total. The molecule has 0 spiro atoms. The minimum atomic E-state index is 0.583. The summed E-state index contributed by atoms with van der Waals surface area (Å²) in [5.41, 5.74) is 1.21. The quantitative estimate of drug-likeness (QED) is 0.570. The molecule has 0 aromatic heterocycles. The van der Waals surface area contributed by atoms with Gasteiger partial charge in [-0.05, 0) is 40.8 Å². The molecule has 1 aromatic rings. The van der Waals surface area contributed by atoms with Crippen LogP contribution in [0.25, 0.3) is 0 Å². The Morgan fingerprint density at radius 1 is 1.55 bits per heavy atom. The van der Waals surface area contributed by atoms with Gasteiger partial charge in [0.15, 0.2) is 6.29 Å². The fraction of sp³-hybridized carbons (Fsp3) is 0. The molecule has 0 N–H and O–H groups in total. The molecule has 1 aromatic carbocycles. The Kier molecular flexibility index (Phi) is 2.60. The third-order valence-corrected chi connectivity index (χ3v) is 2.19. The van der Waals surface area contributed by atoms with Gasteiger partial charge in [0.25, 0.3) is 0 Å². The Bertz CT molecular complexity index is 327. The second-order valence-electron chi connectivity index (χ2n) is 1.97. The van der Waals surface area contributed by atoms with E-state index in [9.17, 15) is 4.79 Å². The molecule has 54 valence electrons. The molecule has 1 rings (SSSR count). The number of carbonyl (C=O) groups is 1. The second kappa shape index (κ2) is 3.49. The summed E-state index contributed by atoms with van der Waals surface area (Å²) >= 11 is 2.03. The first-order valence-corrected chi connectivity index (χ1v) is 4.00. The minimum Gasteiger partial charge on any atom is -0.298 e. The normalized spacial score (nSPS) is 8.73. The van der Waals surface area contributed by atoms with E-state index in [0.29, 0.717) is 11.1 Å². The van der Waals surface area contributed by atoms with Crippen LogP contribution in [-0.4, -0.2) is 6.29 Å². The molecule has 0 radical (unpaired) electrons. The van der Waals surface area contributed by atoms with Crippen molar-refractivity contribution in [1.82, 2.24) is 0 Å². The van der Waals surface area contributed by atoms with Crippen molar-refractivity contribution in [2.45, 2.75) is 0 Å². The van der Waals surface area contributed by atoms with Crippen LogP contribution in [0.5, 0.6) is 0 Å². The van der Waals surface area contributed by atoms with E-state index >= 15 is 0 Å². The van der Waals surface area contributed by atoms with Crippen molar-refractivity contribution in [3.05, 3.63) is 32.9 Å². The van der Waals surface area contributed by atoms with Crippen LogP contribution in [0.2, 0.25) is 0 Å². The van der Waals surface area contributed by atoms with Crippen LogP contribution < -0.4 is 0 Å². The summed E-state index contributed by atoms with van der Waals surface area (Å²) in [6.45, 7) is 0. The van der Waals surface area contributed by atoms with Crippen molar-refractivity contribution in [1.29, 1.82) is 5.26 Å². The molecule has 0 heterocycles. The van der Waals surface area contributed by atoms with Gasteiger partial charge < -0.3 is 0 Å². The SMILES string of the molecule is N#Cc1ccc(C=O)c(I)c1. The Labute approximate surface area is 78.0 Å². The van der Waals surface area contributed by atoms with Crippen molar-refractivity contribution in [2.24, 2.45) is 0 Å². The van der Waals surface area contributed by atoms with Gasteiger partial charge in [0.2, 0.25) is 0 Å². The van der Waals surface area contributed by atoms with E-state index in [0.717, 1.165) is 9.86 Å². The maximum absolute atomic E-state index is 10.3. The Morgan fingerprint density at radius 3 is 2.73 bits per heavy atom. The van der Waals surface area contributed by atoms with Gasteiger partial charge in [0.05, 0.1) is 11.6 Å². The van der Waals surface area contributed by atoms with E-state index < -0.39 is 0 Å². The highest BCUT2D eigenvalue weighted by atomic mass is 127. The van der Waals surface area contributed by atoms with E-state index in [1.165, 1.54) is 0 Å². The van der Waals surface area contributed by atoms with Gasteiger partial charge in [0, 0.05) is 9.13 Å². The lowest BCUT2D eigenvalue weighted by Gasteiger charge is -1.94. The van der Waals surface area contributed by atoms with Gasteiger partial charge in [-0.1, -0.05) is 0 Å². The molecule has 0 aliphatic carbocycles. The number of hydrogen-bond donors (Lipinski definition) is 0. The fourth-order valence-corrected chi connectivity index (χ4v) is 1.33. The molecule has 0 fully saturated rings. The number of nitriles is 1. The number of aldehydes is 1. The fourth-order valence-electron chi connectivity index (χ4n) is 0.692. The summed E-state index contributed by atoms with van der Waals surface area (Å²) in [6.07, 6.45) is 0.781. The maximum Gasteiger partial charge on any atom is 0.151 e. The number of benzene rings is 1. The Balaban J connectivity index is 3.22. The molecule has 0 aliphatic rings. The predicted molar refractivity (Wildman–Crippen MR) is 49.3 cm³/mol. The lowest BCUT2D eigenvalue weighted by Crippen LogP contribution is -1.86. The first kappa shape index (κ1) is 8.21. The highest BCUT2D eigenvalue weighted by molar-refractivity contribution is 14.1. The highest BCUT2D eigenvalue weighted by Gasteiger charge is 1.98. The van der Waals surface area contributed by atoms with Gasteiger partial charge in [-0.2, -0.15) is 5.26 Å². The van der Waals surface area contributed by atoms with E-state index in [4.69, 9.17) is 5.26 Å². The molecular weight excluding hydrogens is 253 g/mol. The van der Waals surface area contributed by atoms with Gasteiger partial charge in [-0.15, -0.1) is 0 Å². The van der Waals surface area contributed by atoms with Crippen LogP contribution in [-0.2, 0) is 0 Å². The third-order valence-electron chi connectivity index (χ3n) is 1.26. The van der Waals surface area contributed by atoms with Crippen LogP contribution in [0.4, 0.5) is 0 Å². The molecule has 0 aliphatic heterocycles. The van der Waals surface area contributed by atoms with Crippen LogP contribution in [0.3, 0.4) is 0 Å². The summed E-state index contributed by atoms with van der Waals surface area (Å²) < 4.78 is 0.816. The summed E-state index contributed by atoms with van der Waals surface area (Å²) in [5, 5.41) is 8.48. The van der Waals surface area contributed by atoms with Crippen molar-refractivity contribution in [3.63, 3.8) is 0 Å². The van der Waals surface area contributed by atoms with Gasteiger partial charge in [0.1, 0.15) is 0 Å². The first-order chi connectivity index (χ1) is 5.27. The summed E-state index contributed by atoms with van der Waals surface area (Å²) in [6, 6.07) is 6.96. The zero-order valence-electron chi connectivity index (χ0n) is 5.54. The first-order valence-electron chi connectivity index (χ1n) is 2.93. The van der Waals surface area contributed by atoms with Crippen LogP contribution in [0.15, 0.2) is 18.2 Å². The van der Waals surface area contributed by atoms with Gasteiger partial charge >= 0.3 is 0 Å². The number of hydrogen-bond acceptors (Lipinski definition) is 2. The van der Waals surface area contributed by atoms with Crippen molar-refractivity contribution >= 4 is 28.9 Å². The van der Waals surface area contributed by atoms with Crippen molar-refractivity contribution in [2.75, 3.05) is 0 Å². The molecular formula is C8H4INO. The number of carbonyl (C=O) groups excluding carboxylic acids is 1. The average Bonchev–Trinajstić information content (AvgIpc) is 2.04. The Hall–Kier alpha value is -0.890. The smallest absolute Gasteiger partial charge is 0.151 e. The number of halogens is 1. The number of rotatable bonds is 1. The largest absolute Gasteiger partial charge is 0.298 e. The summed E-state index contributed by atoms with van der Waals surface area (Å²) in [5.74, 6) is 0. The second-order valence-corrected chi connectivity index (χ2v) is 3.13. The van der Waals surface area contributed by atoms with Gasteiger partial charge in [-0.3, -0.25) is 4.79 Å². The van der Waals surface area contributed by atoms with E-state index in [-0.39, 0.29) is 0 Å². The van der Waals surface area contributed by atoms with Crippen LogP contribution >= 0.6 is 22.6 Å². The minimum absolute atomic E-state index is 0.583. The van der Waals surface area contributed by atoms with Crippen molar-refractivity contribution < 1.29 is 4.79 Å². The zero-order chi connectivity index (χ0) is 8.27. The maximum atomic E-state index is 10.3. The Morgan fingerprint density at radius 2 is 2.27 bits per heavy atom. The monoisotopic (exact) mass is 257 g/mol. The van der Waals surface area contributed by atoms with E-state index in [2.05, 4.69) is 0 Å². The lowest BCUT2D eigenvalue weighted by atomic mass is 10.2. The standard InChI is InChI=1S/C8H4INO/c9-8-3-6(4-10)1-2-7(8)5-11/h1-3,5H. The summed E-state index contributed by atoms with van der Waals surface area (Å²) in [7, 11) is 0. The topological polar surface area (TPSA) is 40.9 Å². The molecule has 0 saturated heterocycles. The van der Waals surface area contributed by atoms with Crippen LogP contribution in [0.1, 0.15) is 15.9 Å². The molecule has 0 atom stereocenters. The summed E-state index contributed by atoms with van der Waals surface area (Å²) in [4.78, 5) is 10.3. The lowest BCUT2D eigenvalue weighted by molar-refractivity contribution is 0.112. The van der Waals surface area contributed by atoms with Crippen LogP contribution in [0, 0.1) is 14.9 Å². The van der Waals surface area contributed by atoms with Crippen molar-refractivity contribution in [3.8, 4) is 6.07 Å². The third kappa shape index (κ3) is 1.77. The highest BCUT2D eigenvalue weighted by Crippen LogP contribution is 2.11. The molecule has 3 heteroatoms. The molecule has 0 amide bonds. The predicted octanol–water partition coefficient (Wildman–Crippen LogP) is 1.98. The zero-order valence-corrected chi connectivity index (χ0v) is 7.70. The molecule has 11 heavy (non-hydrogen) atoms.